The number of carbonyl (C=O) groups is 2. The highest BCUT2D eigenvalue weighted by atomic mass is 16.6. The van der Waals surface area contributed by atoms with Gasteiger partial charge in [-0.3, -0.25) is 4.79 Å². The van der Waals surface area contributed by atoms with Crippen molar-refractivity contribution in [3.8, 4) is 0 Å². The quantitative estimate of drug-likeness (QED) is 0.811. The Hall–Kier alpha value is -3.02. The van der Waals surface area contributed by atoms with Crippen molar-refractivity contribution in [2.24, 2.45) is 0 Å². The molecule has 0 aromatic heterocycles. The van der Waals surface area contributed by atoms with Crippen LogP contribution < -0.4 is 5.32 Å². The summed E-state index contributed by atoms with van der Waals surface area (Å²) in [6.45, 7) is 7.55. The van der Waals surface area contributed by atoms with Crippen molar-refractivity contribution < 1.29 is 14.3 Å². The number of rotatable bonds is 4. The van der Waals surface area contributed by atoms with Gasteiger partial charge in [0.1, 0.15) is 6.17 Å². The van der Waals surface area contributed by atoms with Gasteiger partial charge < -0.3 is 19.9 Å². The van der Waals surface area contributed by atoms with Crippen LogP contribution in [-0.4, -0.2) is 47.5 Å². The highest BCUT2D eigenvalue weighted by molar-refractivity contribution is 5.99. The molecule has 2 heterocycles. The maximum Gasteiger partial charge on any atom is 0.409 e. The third kappa shape index (κ3) is 3.74. The first-order valence-corrected chi connectivity index (χ1v) is 10.7. The van der Waals surface area contributed by atoms with Gasteiger partial charge in [-0.05, 0) is 51.3 Å². The molecular formula is C24H29N3O3. The SMILES string of the molecule is CCOC(=O)N1CCC(N2C(=O)c3ccccc3C2Nc2ccc(C)cc2C)CC1. The largest absolute Gasteiger partial charge is 0.450 e. The molecule has 0 radical (unpaired) electrons. The summed E-state index contributed by atoms with van der Waals surface area (Å²) >= 11 is 0. The van der Waals surface area contributed by atoms with E-state index in [2.05, 4.69) is 37.4 Å². The molecule has 0 bridgehead atoms. The molecule has 0 aliphatic carbocycles. The van der Waals surface area contributed by atoms with Gasteiger partial charge in [-0.2, -0.15) is 0 Å². The van der Waals surface area contributed by atoms with Crippen LogP contribution >= 0.6 is 0 Å². The molecule has 6 heteroatoms. The molecule has 2 aliphatic heterocycles. The van der Waals surface area contributed by atoms with Crippen molar-refractivity contribution in [1.82, 2.24) is 9.80 Å². The van der Waals surface area contributed by atoms with E-state index in [0.717, 1.165) is 35.2 Å². The van der Waals surface area contributed by atoms with Crippen molar-refractivity contribution in [3.63, 3.8) is 0 Å². The molecule has 2 aromatic carbocycles. The van der Waals surface area contributed by atoms with E-state index in [4.69, 9.17) is 4.74 Å². The molecule has 30 heavy (non-hydrogen) atoms. The topological polar surface area (TPSA) is 61.9 Å². The van der Waals surface area contributed by atoms with Gasteiger partial charge >= 0.3 is 6.09 Å². The summed E-state index contributed by atoms with van der Waals surface area (Å²) in [5, 5.41) is 3.62. The minimum absolute atomic E-state index is 0.0578. The number of nitrogens with one attached hydrogen (secondary N) is 1. The van der Waals surface area contributed by atoms with Crippen LogP contribution in [0, 0.1) is 13.8 Å². The van der Waals surface area contributed by atoms with Crippen molar-refractivity contribution >= 4 is 17.7 Å². The second-order valence-electron chi connectivity index (χ2n) is 8.08. The van der Waals surface area contributed by atoms with E-state index in [1.165, 1.54) is 5.56 Å². The molecule has 0 saturated carbocycles. The van der Waals surface area contributed by atoms with Crippen LogP contribution in [0.3, 0.4) is 0 Å². The summed E-state index contributed by atoms with van der Waals surface area (Å²) < 4.78 is 5.13. The van der Waals surface area contributed by atoms with E-state index in [9.17, 15) is 9.59 Å². The van der Waals surface area contributed by atoms with Crippen LogP contribution in [0.2, 0.25) is 0 Å². The number of anilines is 1. The van der Waals surface area contributed by atoms with Crippen molar-refractivity contribution in [1.29, 1.82) is 0 Å². The van der Waals surface area contributed by atoms with E-state index in [1.54, 1.807) is 4.90 Å². The number of ether oxygens (including phenoxy) is 1. The zero-order valence-electron chi connectivity index (χ0n) is 17.9. The molecule has 2 amide bonds. The fraction of sp³-hybridized carbons (Fsp3) is 0.417. The average molecular weight is 408 g/mol. The van der Waals surface area contributed by atoms with Gasteiger partial charge in [-0.15, -0.1) is 0 Å². The minimum Gasteiger partial charge on any atom is -0.450 e. The molecule has 6 nitrogen and oxygen atoms in total. The smallest absolute Gasteiger partial charge is 0.409 e. The van der Waals surface area contributed by atoms with Crippen molar-refractivity contribution in [2.45, 2.75) is 45.8 Å². The first kappa shape index (κ1) is 20.3. The molecule has 2 aliphatic rings. The number of piperidine rings is 1. The fourth-order valence-electron chi connectivity index (χ4n) is 4.52. The van der Waals surface area contributed by atoms with Gasteiger partial charge in [0.2, 0.25) is 0 Å². The summed E-state index contributed by atoms with van der Waals surface area (Å²) in [4.78, 5) is 29.1. The zero-order valence-corrected chi connectivity index (χ0v) is 17.9. The van der Waals surface area contributed by atoms with E-state index in [-0.39, 0.29) is 24.2 Å². The lowest BCUT2D eigenvalue weighted by atomic mass is 10.0. The maximum absolute atomic E-state index is 13.3. The van der Waals surface area contributed by atoms with Crippen LogP contribution in [0.25, 0.3) is 0 Å². The van der Waals surface area contributed by atoms with Crippen molar-refractivity contribution in [3.05, 3.63) is 64.7 Å². The Morgan fingerprint density at radius 2 is 1.87 bits per heavy atom. The lowest BCUT2D eigenvalue weighted by Gasteiger charge is -2.39. The van der Waals surface area contributed by atoms with Gasteiger partial charge in [0.15, 0.2) is 0 Å². The van der Waals surface area contributed by atoms with Gasteiger partial charge in [-0.1, -0.05) is 35.9 Å². The van der Waals surface area contributed by atoms with E-state index >= 15 is 0 Å². The number of aryl methyl sites for hydroxylation is 2. The predicted octanol–water partition coefficient (Wildman–Crippen LogP) is 4.49. The lowest BCUT2D eigenvalue weighted by molar-refractivity contribution is 0.0496. The number of carbonyl (C=O) groups excluding carboxylic acids is 2. The maximum atomic E-state index is 13.3. The van der Waals surface area contributed by atoms with Gasteiger partial charge in [0, 0.05) is 35.9 Å². The Balaban J connectivity index is 1.58. The first-order chi connectivity index (χ1) is 14.5. The number of hydrogen-bond donors (Lipinski definition) is 1. The van der Waals surface area contributed by atoms with Crippen molar-refractivity contribution in [2.75, 3.05) is 25.0 Å². The number of hydrogen-bond acceptors (Lipinski definition) is 4. The third-order valence-electron chi connectivity index (χ3n) is 6.06. The number of amides is 2. The minimum atomic E-state index is -0.267. The highest BCUT2D eigenvalue weighted by Crippen LogP contribution is 2.38. The second kappa shape index (κ2) is 8.38. The summed E-state index contributed by atoms with van der Waals surface area (Å²) in [5.41, 5.74) is 5.17. The van der Waals surface area contributed by atoms with Gasteiger partial charge in [0.05, 0.1) is 6.61 Å². The second-order valence-corrected chi connectivity index (χ2v) is 8.08. The standard InChI is InChI=1S/C24H29N3O3/c1-4-30-24(29)26-13-11-18(12-14-26)27-22(19-7-5-6-8-20(19)23(27)28)25-21-10-9-16(2)15-17(21)3/h5-10,15,18,22,25H,4,11-14H2,1-3H3. The number of benzene rings is 2. The number of likely N-dealkylation sites (tertiary alicyclic amines) is 1. The van der Waals surface area contributed by atoms with Crippen LogP contribution in [0.5, 0.6) is 0 Å². The monoisotopic (exact) mass is 407 g/mol. The molecule has 1 fully saturated rings. The Kier molecular flexibility index (Phi) is 5.66. The van der Waals surface area contributed by atoms with Crippen LogP contribution in [0.1, 0.15) is 53.0 Å². The zero-order chi connectivity index (χ0) is 21.3. The molecule has 1 saturated heterocycles. The van der Waals surface area contributed by atoms with Crippen LogP contribution in [0.4, 0.5) is 10.5 Å². The lowest BCUT2D eigenvalue weighted by Crippen LogP contribution is -2.49. The fourth-order valence-corrected chi connectivity index (χ4v) is 4.52. The average Bonchev–Trinajstić information content (AvgIpc) is 3.02. The van der Waals surface area contributed by atoms with E-state index in [0.29, 0.717) is 19.7 Å². The molecule has 2 aromatic rings. The molecule has 1 atom stereocenters. The molecule has 4 rings (SSSR count). The molecule has 1 N–H and O–H groups in total. The predicted molar refractivity (Wildman–Crippen MR) is 117 cm³/mol. The Morgan fingerprint density at radius 1 is 1.13 bits per heavy atom. The summed E-state index contributed by atoms with van der Waals surface area (Å²) in [5.74, 6) is 0.0578. The first-order valence-electron chi connectivity index (χ1n) is 10.7. The summed E-state index contributed by atoms with van der Waals surface area (Å²) in [6.07, 6.45) is 0.999. The summed E-state index contributed by atoms with van der Waals surface area (Å²) in [7, 11) is 0. The molecule has 1 unspecified atom stereocenters. The van der Waals surface area contributed by atoms with Gasteiger partial charge in [0.25, 0.3) is 5.91 Å². The third-order valence-corrected chi connectivity index (χ3v) is 6.06. The van der Waals surface area contributed by atoms with Crippen LogP contribution in [0.15, 0.2) is 42.5 Å². The molecule has 158 valence electrons. The van der Waals surface area contributed by atoms with Gasteiger partial charge in [-0.25, -0.2) is 4.79 Å². The normalized spacial score (nSPS) is 19.0. The molecular weight excluding hydrogens is 378 g/mol. The Bertz CT molecular complexity index is 950. The van der Waals surface area contributed by atoms with Crippen LogP contribution in [-0.2, 0) is 4.74 Å². The molecule has 0 spiro atoms. The number of fused-ring (bicyclic) bond motifs is 1. The Morgan fingerprint density at radius 3 is 2.57 bits per heavy atom. The number of nitrogens with zero attached hydrogens (tertiary/aromatic N) is 2. The Labute approximate surface area is 177 Å². The highest BCUT2D eigenvalue weighted by Gasteiger charge is 2.42. The van der Waals surface area contributed by atoms with E-state index < -0.39 is 0 Å². The summed E-state index contributed by atoms with van der Waals surface area (Å²) in [6, 6.07) is 14.2. The van der Waals surface area contributed by atoms with E-state index in [1.807, 2.05) is 36.1 Å².